The summed E-state index contributed by atoms with van der Waals surface area (Å²) in [6.07, 6.45) is 5.72. The topological polar surface area (TPSA) is 24.9 Å². The molecule has 1 aromatic heterocycles. The van der Waals surface area contributed by atoms with Gasteiger partial charge in [0.1, 0.15) is 0 Å². The van der Waals surface area contributed by atoms with Crippen LogP contribution >= 0.6 is 11.6 Å². The van der Waals surface area contributed by atoms with E-state index < -0.39 is 0 Å². The molecule has 1 aromatic carbocycles. The molecular weight excluding hydrogens is 268 g/mol. The minimum atomic E-state index is 0.254. The van der Waals surface area contributed by atoms with Gasteiger partial charge in [-0.2, -0.15) is 0 Å². The Hall–Kier alpha value is -1.38. The van der Waals surface area contributed by atoms with Crippen molar-refractivity contribution in [2.75, 3.05) is 6.54 Å². The van der Waals surface area contributed by atoms with Gasteiger partial charge in [0.25, 0.3) is 0 Å². The molecule has 0 aliphatic heterocycles. The van der Waals surface area contributed by atoms with Crippen LogP contribution in [0.4, 0.5) is 0 Å². The summed E-state index contributed by atoms with van der Waals surface area (Å²) in [6, 6.07) is 10.6. The summed E-state index contributed by atoms with van der Waals surface area (Å²) < 4.78 is 0. The largest absolute Gasteiger partial charge is 0.310 e. The number of hydrogen-bond acceptors (Lipinski definition) is 2. The Labute approximate surface area is 126 Å². The van der Waals surface area contributed by atoms with Crippen LogP contribution in [0.25, 0.3) is 0 Å². The van der Waals surface area contributed by atoms with Gasteiger partial charge in [-0.1, -0.05) is 36.7 Å². The molecular formula is C17H21ClN2. The Morgan fingerprint density at radius 3 is 2.80 bits per heavy atom. The molecule has 20 heavy (non-hydrogen) atoms. The summed E-state index contributed by atoms with van der Waals surface area (Å²) in [4.78, 5) is 4.22. The van der Waals surface area contributed by atoms with Crippen molar-refractivity contribution < 1.29 is 0 Å². The number of nitrogens with zero attached hydrogens (tertiary/aromatic N) is 1. The molecule has 0 bridgehead atoms. The van der Waals surface area contributed by atoms with E-state index in [1.807, 2.05) is 18.3 Å². The second-order valence-corrected chi connectivity index (χ2v) is 5.50. The van der Waals surface area contributed by atoms with Crippen LogP contribution in [-0.4, -0.2) is 11.5 Å². The summed E-state index contributed by atoms with van der Waals surface area (Å²) >= 11 is 6.35. The van der Waals surface area contributed by atoms with Gasteiger partial charge < -0.3 is 5.32 Å². The number of rotatable bonds is 6. The molecule has 3 heteroatoms. The Morgan fingerprint density at radius 2 is 2.15 bits per heavy atom. The molecule has 2 aromatic rings. The molecule has 0 saturated carbocycles. The molecule has 0 radical (unpaired) electrons. The fraction of sp³-hybridized carbons (Fsp3) is 0.353. The average Bonchev–Trinajstić information content (AvgIpc) is 2.46. The molecule has 1 heterocycles. The molecule has 0 aliphatic rings. The van der Waals surface area contributed by atoms with Crippen LogP contribution in [0, 0.1) is 6.92 Å². The molecule has 0 aliphatic carbocycles. The summed E-state index contributed by atoms with van der Waals surface area (Å²) in [6.45, 7) is 5.22. The van der Waals surface area contributed by atoms with Crippen molar-refractivity contribution in [3.05, 3.63) is 64.4 Å². The Balaban J connectivity index is 2.19. The fourth-order valence-corrected chi connectivity index (χ4v) is 2.56. The third-order valence-corrected chi connectivity index (χ3v) is 3.71. The smallest absolute Gasteiger partial charge is 0.0441 e. The van der Waals surface area contributed by atoms with Gasteiger partial charge in [-0.05, 0) is 55.1 Å². The highest BCUT2D eigenvalue weighted by Crippen LogP contribution is 2.24. The molecule has 0 spiro atoms. The highest BCUT2D eigenvalue weighted by molar-refractivity contribution is 6.31. The highest BCUT2D eigenvalue weighted by atomic mass is 35.5. The summed E-state index contributed by atoms with van der Waals surface area (Å²) in [5, 5.41) is 4.42. The lowest BCUT2D eigenvalue weighted by molar-refractivity contribution is 0.528. The van der Waals surface area contributed by atoms with Crippen molar-refractivity contribution in [2.45, 2.75) is 32.7 Å². The number of benzene rings is 1. The maximum Gasteiger partial charge on any atom is 0.0441 e. The molecule has 0 fully saturated rings. The zero-order valence-electron chi connectivity index (χ0n) is 12.1. The number of nitrogens with one attached hydrogen (secondary N) is 1. The van der Waals surface area contributed by atoms with E-state index in [0.29, 0.717) is 0 Å². The first-order chi connectivity index (χ1) is 9.70. The first-order valence-electron chi connectivity index (χ1n) is 7.09. The molecule has 2 rings (SSSR count). The molecule has 1 N–H and O–H groups in total. The van der Waals surface area contributed by atoms with Crippen molar-refractivity contribution in [2.24, 2.45) is 0 Å². The van der Waals surface area contributed by atoms with Crippen LogP contribution in [0.3, 0.4) is 0 Å². The zero-order chi connectivity index (χ0) is 14.4. The minimum Gasteiger partial charge on any atom is -0.310 e. The monoisotopic (exact) mass is 288 g/mol. The molecule has 1 unspecified atom stereocenters. The standard InChI is InChI=1S/C17H21ClN2/c1-3-8-20-17(15-5-4-9-19-12-15)11-14-7-6-13(2)10-16(14)18/h4-7,9-10,12,17,20H,3,8,11H2,1-2H3. The van der Waals surface area contributed by atoms with Crippen LogP contribution in [0.2, 0.25) is 5.02 Å². The third-order valence-electron chi connectivity index (χ3n) is 3.36. The first kappa shape index (κ1) is 15.0. The van der Waals surface area contributed by atoms with Crippen molar-refractivity contribution >= 4 is 11.6 Å². The van der Waals surface area contributed by atoms with E-state index in [-0.39, 0.29) is 6.04 Å². The van der Waals surface area contributed by atoms with Gasteiger partial charge in [-0.15, -0.1) is 0 Å². The fourth-order valence-electron chi connectivity index (χ4n) is 2.25. The molecule has 106 valence electrons. The molecule has 0 amide bonds. The minimum absolute atomic E-state index is 0.254. The van der Waals surface area contributed by atoms with Crippen LogP contribution in [0.5, 0.6) is 0 Å². The van der Waals surface area contributed by atoms with Gasteiger partial charge in [0.15, 0.2) is 0 Å². The van der Waals surface area contributed by atoms with Crippen molar-refractivity contribution in [3.63, 3.8) is 0 Å². The number of aryl methyl sites for hydroxylation is 1. The van der Waals surface area contributed by atoms with E-state index in [1.54, 1.807) is 6.20 Å². The van der Waals surface area contributed by atoms with E-state index in [1.165, 1.54) is 16.7 Å². The number of hydrogen-bond donors (Lipinski definition) is 1. The van der Waals surface area contributed by atoms with E-state index in [4.69, 9.17) is 11.6 Å². The van der Waals surface area contributed by atoms with Gasteiger partial charge in [0, 0.05) is 23.5 Å². The molecule has 1 atom stereocenters. The van der Waals surface area contributed by atoms with Crippen LogP contribution < -0.4 is 5.32 Å². The van der Waals surface area contributed by atoms with Gasteiger partial charge in [0.05, 0.1) is 0 Å². The van der Waals surface area contributed by atoms with Crippen molar-refractivity contribution in [1.82, 2.24) is 10.3 Å². The lowest BCUT2D eigenvalue weighted by Gasteiger charge is -2.19. The van der Waals surface area contributed by atoms with E-state index in [0.717, 1.165) is 24.4 Å². The number of aromatic nitrogens is 1. The predicted molar refractivity (Wildman–Crippen MR) is 85.2 cm³/mol. The SMILES string of the molecule is CCCNC(Cc1ccc(C)cc1Cl)c1cccnc1. The summed E-state index contributed by atoms with van der Waals surface area (Å²) in [5.74, 6) is 0. The van der Waals surface area contributed by atoms with Gasteiger partial charge in [-0.25, -0.2) is 0 Å². The van der Waals surface area contributed by atoms with Crippen LogP contribution in [0.15, 0.2) is 42.7 Å². The van der Waals surface area contributed by atoms with Crippen molar-refractivity contribution in [3.8, 4) is 0 Å². The number of pyridine rings is 1. The Morgan fingerprint density at radius 1 is 1.30 bits per heavy atom. The highest BCUT2D eigenvalue weighted by Gasteiger charge is 2.13. The third kappa shape index (κ3) is 4.06. The van der Waals surface area contributed by atoms with E-state index in [9.17, 15) is 0 Å². The summed E-state index contributed by atoms with van der Waals surface area (Å²) in [7, 11) is 0. The Kier molecular flexibility index (Phi) is 5.57. The number of halogens is 1. The van der Waals surface area contributed by atoms with E-state index in [2.05, 4.69) is 42.3 Å². The molecule has 0 saturated heterocycles. The normalized spacial score (nSPS) is 12.3. The second kappa shape index (κ2) is 7.41. The van der Waals surface area contributed by atoms with Crippen LogP contribution in [-0.2, 0) is 6.42 Å². The average molecular weight is 289 g/mol. The first-order valence-corrected chi connectivity index (χ1v) is 7.47. The molecule has 2 nitrogen and oxygen atoms in total. The maximum absolute atomic E-state index is 6.35. The zero-order valence-corrected chi connectivity index (χ0v) is 12.8. The van der Waals surface area contributed by atoms with Crippen LogP contribution in [0.1, 0.15) is 36.1 Å². The van der Waals surface area contributed by atoms with Crippen molar-refractivity contribution in [1.29, 1.82) is 0 Å². The lowest BCUT2D eigenvalue weighted by atomic mass is 9.99. The Bertz CT molecular complexity index is 540. The lowest BCUT2D eigenvalue weighted by Crippen LogP contribution is -2.24. The van der Waals surface area contributed by atoms with Gasteiger partial charge >= 0.3 is 0 Å². The predicted octanol–water partition coefficient (Wildman–Crippen LogP) is 4.33. The second-order valence-electron chi connectivity index (χ2n) is 5.09. The van der Waals surface area contributed by atoms with E-state index >= 15 is 0 Å². The van der Waals surface area contributed by atoms with Gasteiger partial charge in [-0.3, -0.25) is 4.98 Å². The summed E-state index contributed by atoms with van der Waals surface area (Å²) in [5.41, 5.74) is 3.57. The van der Waals surface area contributed by atoms with Gasteiger partial charge in [0.2, 0.25) is 0 Å². The quantitative estimate of drug-likeness (QED) is 0.856. The maximum atomic E-state index is 6.35.